The smallest absolute Gasteiger partial charge is 0.178 e. The molecule has 2 bridgehead atoms. The highest BCUT2D eigenvalue weighted by Crippen LogP contribution is 2.30. The molecule has 2 atom stereocenters. The number of hydrogen-bond acceptors (Lipinski definition) is 7. The predicted molar refractivity (Wildman–Crippen MR) is 125 cm³/mol. The third-order valence-electron chi connectivity index (χ3n) is 6.66. The minimum absolute atomic E-state index is 0.0918. The number of nitriles is 1. The summed E-state index contributed by atoms with van der Waals surface area (Å²) in [5.74, 6) is 0.938. The molecule has 0 spiro atoms. The van der Waals surface area contributed by atoms with Crippen molar-refractivity contribution in [1.29, 1.82) is 5.26 Å². The molecule has 2 heterocycles. The van der Waals surface area contributed by atoms with Crippen molar-refractivity contribution in [1.82, 2.24) is 9.80 Å². The third-order valence-corrected chi connectivity index (χ3v) is 8.48. The van der Waals surface area contributed by atoms with Crippen LogP contribution in [-0.4, -0.2) is 75.1 Å². The lowest BCUT2D eigenvalue weighted by Crippen LogP contribution is -2.54. The van der Waals surface area contributed by atoms with Crippen LogP contribution >= 0.6 is 0 Å². The van der Waals surface area contributed by atoms with Gasteiger partial charge in [0.1, 0.15) is 5.75 Å². The van der Waals surface area contributed by atoms with Crippen LogP contribution in [0.4, 0.5) is 0 Å². The van der Waals surface area contributed by atoms with E-state index in [1.54, 1.807) is 43.5 Å². The molecule has 2 aromatic rings. The second kappa shape index (κ2) is 10.0. The summed E-state index contributed by atoms with van der Waals surface area (Å²) in [6.07, 6.45) is 2.74. The van der Waals surface area contributed by atoms with E-state index < -0.39 is 9.84 Å². The van der Waals surface area contributed by atoms with E-state index in [1.807, 2.05) is 6.07 Å². The maximum Gasteiger partial charge on any atom is 0.178 e. The van der Waals surface area contributed by atoms with Crippen molar-refractivity contribution in [3.63, 3.8) is 0 Å². The van der Waals surface area contributed by atoms with Gasteiger partial charge >= 0.3 is 0 Å². The maximum atomic E-state index is 12.7. The first kappa shape index (κ1) is 23.4. The molecule has 0 N–H and O–H groups in total. The zero-order chi connectivity index (χ0) is 23.4. The van der Waals surface area contributed by atoms with Gasteiger partial charge in [0, 0.05) is 30.7 Å². The van der Waals surface area contributed by atoms with Gasteiger partial charge in [-0.25, -0.2) is 8.42 Å². The molecular weight excluding hydrogens is 438 g/mol. The molecule has 174 valence electrons. The van der Waals surface area contributed by atoms with Crippen molar-refractivity contribution in [2.45, 2.75) is 36.2 Å². The Bertz CT molecular complexity index is 1110. The summed E-state index contributed by atoms with van der Waals surface area (Å²) < 4.78 is 30.4. The van der Waals surface area contributed by atoms with E-state index in [2.05, 4.69) is 9.80 Å². The molecular formula is C25H29N3O4S. The second-order valence-electron chi connectivity index (χ2n) is 8.78. The molecule has 0 radical (unpaired) electrons. The Labute approximate surface area is 195 Å². The Hall–Kier alpha value is -2.73. The van der Waals surface area contributed by atoms with Crippen LogP contribution in [0.15, 0.2) is 53.4 Å². The van der Waals surface area contributed by atoms with Crippen molar-refractivity contribution in [3.05, 3.63) is 59.7 Å². The van der Waals surface area contributed by atoms with Gasteiger partial charge in [-0.3, -0.25) is 14.6 Å². The fraction of sp³-hybridized carbons (Fsp3) is 0.440. The number of hydrogen-bond donors (Lipinski definition) is 0. The van der Waals surface area contributed by atoms with Crippen LogP contribution in [0, 0.1) is 11.3 Å². The van der Waals surface area contributed by atoms with Crippen molar-refractivity contribution in [2.75, 3.05) is 39.0 Å². The van der Waals surface area contributed by atoms with Crippen molar-refractivity contribution in [2.24, 2.45) is 0 Å². The molecule has 0 amide bonds. The van der Waals surface area contributed by atoms with Gasteiger partial charge in [-0.2, -0.15) is 5.26 Å². The fourth-order valence-electron chi connectivity index (χ4n) is 4.93. The summed E-state index contributed by atoms with van der Waals surface area (Å²) in [4.78, 5) is 17.6. The molecule has 8 heteroatoms. The largest absolute Gasteiger partial charge is 0.497 e. The first-order chi connectivity index (χ1) is 15.9. The van der Waals surface area contributed by atoms with E-state index in [0.717, 1.165) is 38.2 Å². The fourth-order valence-corrected chi connectivity index (χ4v) is 6.23. The lowest BCUT2D eigenvalue weighted by molar-refractivity contribution is 0.0602. The van der Waals surface area contributed by atoms with E-state index in [-0.39, 0.29) is 16.4 Å². The highest BCUT2D eigenvalue weighted by Gasteiger charge is 2.39. The predicted octanol–water partition coefficient (Wildman–Crippen LogP) is 2.76. The first-order valence-corrected chi connectivity index (χ1v) is 12.9. The number of rotatable bonds is 9. The van der Waals surface area contributed by atoms with Crippen molar-refractivity contribution >= 4 is 15.6 Å². The Morgan fingerprint density at radius 1 is 1.06 bits per heavy atom. The molecule has 7 nitrogen and oxygen atoms in total. The molecule has 0 saturated carbocycles. The molecule has 2 unspecified atom stereocenters. The second-order valence-corrected chi connectivity index (χ2v) is 10.9. The number of ether oxygens (including phenoxy) is 1. The standard InChI is InChI=1S/C25H29N3O4S/c1-32-23-9-5-20(6-10-23)25(29)18-27-16-21-7-8-22(17-27)28(21)13-2-14-33(30,31)24-11-3-19(15-26)4-12-24/h3-6,9-12,21-22H,2,7-8,13-14,16-18H2,1H3. The molecule has 2 fully saturated rings. The van der Waals surface area contributed by atoms with Gasteiger partial charge in [-0.05, 0) is 74.3 Å². The summed E-state index contributed by atoms with van der Waals surface area (Å²) in [7, 11) is -1.76. The highest BCUT2D eigenvalue weighted by atomic mass is 32.2. The number of sulfone groups is 1. The molecule has 4 rings (SSSR count). The molecule has 2 aliphatic heterocycles. The van der Waals surface area contributed by atoms with Gasteiger partial charge in [0.05, 0.1) is 35.9 Å². The van der Waals surface area contributed by atoms with Crippen molar-refractivity contribution in [3.8, 4) is 11.8 Å². The summed E-state index contributed by atoms with van der Waals surface area (Å²) in [6, 6.07) is 16.1. The number of likely N-dealkylation sites (tertiary alicyclic amines) is 1. The minimum atomic E-state index is -3.36. The molecule has 0 aromatic heterocycles. The Morgan fingerprint density at radius 2 is 1.70 bits per heavy atom. The average Bonchev–Trinajstić information content (AvgIpc) is 3.06. The van der Waals surface area contributed by atoms with E-state index in [1.165, 1.54) is 12.1 Å². The van der Waals surface area contributed by atoms with E-state index in [4.69, 9.17) is 10.00 Å². The SMILES string of the molecule is COc1ccc(C(=O)CN2CC3CCC(C2)N3CCCS(=O)(=O)c2ccc(C#N)cc2)cc1. The zero-order valence-electron chi connectivity index (χ0n) is 18.8. The van der Waals surface area contributed by atoms with E-state index in [9.17, 15) is 13.2 Å². The number of methoxy groups -OCH3 is 1. The zero-order valence-corrected chi connectivity index (χ0v) is 19.6. The Kier molecular flexibility index (Phi) is 7.13. The minimum Gasteiger partial charge on any atom is -0.497 e. The van der Waals surface area contributed by atoms with E-state index in [0.29, 0.717) is 36.2 Å². The molecule has 33 heavy (non-hydrogen) atoms. The van der Waals surface area contributed by atoms with Gasteiger partial charge in [0.2, 0.25) is 0 Å². The number of carbonyl (C=O) groups excluding carboxylic acids is 1. The average molecular weight is 468 g/mol. The van der Waals surface area contributed by atoms with Gasteiger partial charge in [0.25, 0.3) is 0 Å². The van der Waals surface area contributed by atoms with Crippen LogP contribution in [0.1, 0.15) is 35.2 Å². The maximum absolute atomic E-state index is 12.7. The number of fused-ring (bicyclic) bond motifs is 2. The van der Waals surface area contributed by atoms with Crippen molar-refractivity contribution < 1.29 is 17.9 Å². The summed E-state index contributed by atoms with van der Waals surface area (Å²) in [6.45, 7) is 2.81. The summed E-state index contributed by atoms with van der Waals surface area (Å²) in [5, 5.41) is 8.89. The Balaban J connectivity index is 1.28. The lowest BCUT2D eigenvalue weighted by Gasteiger charge is -2.40. The highest BCUT2D eigenvalue weighted by molar-refractivity contribution is 7.91. The molecule has 2 aromatic carbocycles. The van der Waals surface area contributed by atoms with Crippen LogP contribution in [0.2, 0.25) is 0 Å². The summed E-state index contributed by atoms with van der Waals surface area (Å²) in [5.41, 5.74) is 1.15. The monoisotopic (exact) mass is 467 g/mol. The van der Waals surface area contributed by atoms with Gasteiger partial charge < -0.3 is 4.74 Å². The van der Waals surface area contributed by atoms with Crippen LogP contribution < -0.4 is 4.74 Å². The topological polar surface area (TPSA) is 90.7 Å². The number of ketones is 1. The number of nitrogens with zero attached hydrogens (tertiary/aromatic N) is 3. The van der Waals surface area contributed by atoms with Crippen LogP contribution in [0.5, 0.6) is 5.75 Å². The number of piperazine rings is 1. The van der Waals surface area contributed by atoms with Crippen LogP contribution in [-0.2, 0) is 9.84 Å². The lowest BCUT2D eigenvalue weighted by atomic mass is 10.1. The number of Topliss-reactive ketones (excluding diaryl/α,β-unsaturated/α-hetero) is 1. The third kappa shape index (κ3) is 5.44. The van der Waals surface area contributed by atoms with Gasteiger partial charge in [0.15, 0.2) is 15.6 Å². The molecule has 2 saturated heterocycles. The van der Waals surface area contributed by atoms with Gasteiger partial charge in [-0.15, -0.1) is 0 Å². The summed E-state index contributed by atoms with van der Waals surface area (Å²) >= 11 is 0. The van der Waals surface area contributed by atoms with Crippen LogP contribution in [0.3, 0.4) is 0 Å². The Morgan fingerprint density at radius 3 is 2.27 bits per heavy atom. The van der Waals surface area contributed by atoms with Crippen LogP contribution in [0.25, 0.3) is 0 Å². The van der Waals surface area contributed by atoms with E-state index >= 15 is 0 Å². The molecule has 2 aliphatic rings. The van der Waals surface area contributed by atoms with Gasteiger partial charge in [-0.1, -0.05) is 0 Å². The quantitative estimate of drug-likeness (QED) is 0.524. The number of benzene rings is 2. The number of carbonyl (C=O) groups is 1. The first-order valence-electron chi connectivity index (χ1n) is 11.3. The molecule has 0 aliphatic carbocycles. The normalized spacial score (nSPS) is 21.0.